The summed E-state index contributed by atoms with van der Waals surface area (Å²) in [5, 5.41) is 4.37. The maximum atomic E-state index is 13.4. The van der Waals surface area contributed by atoms with Gasteiger partial charge in [0, 0.05) is 11.6 Å². The Kier molecular flexibility index (Phi) is 5.44. The third-order valence-corrected chi connectivity index (χ3v) is 5.39. The minimum absolute atomic E-state index is 0.0757. The summed E-state index contributed by atoms with van der Waals surface area (Å²) in [7, 11) is 3.23. The van der Waals surface area contributed by atoms with Crippen molar-refractivity contribution < 1.29 is 18.7 Å². The minimum atomic E-state index is -0.313. The third-order valence-electron chi connectivity index (χ3n) is 5.39. The van der Waals surface area contributed by atoms with Gasteiger partial charge in [-0.15, -0.1) is 0 Å². The van der Waals surface area contributed by atoms with E-state index in [2.05, 4.69) is 5.10 Å². The molecule has 1 saturated carbocycles. The molecule has 1 aliphatic carbocycles. The zero-order chi connectivity index (χ0) is 21.3. The van der Waals surface area contributed by atoms with Gasteiger partial charge in [-0.25, -0.2) is 9.07 Å². The van der Waals surface area contributed by atoms with Crippen molar-refractivity contribution in [2.24, 2.45) is 0 Å². The molecule has 1 aromatic heterocycles. The first kappa shape index (κ1) is 19.9. The highest BCUT2D eigenvalue weighted by Gasteiger charge is 2.35. The van der Waals surface area contributed by atoms with Gasteiger partial charge in [0.1, 0.15) is 17.3 Å². The Morgan fingerprint density at radius 2 is 1.90 bits per heavy atom. The van der Waals surface area contributed by atoms with E-state index in [0.29, 0.717) is 29.3 Å². The molecule has 0 saturated heterocycles. The first-order valence-electron chi connectivity index (χ1n) is 9.84. The van der Waals surface area contributed by atoms with Gasteiger partial charge in [0.15, 0.2) is 0 Å². The monoisotopic (exact) mass is 409 g/mol. The van der Waals surface area contributed by atoms with Crippen molar-refractivity contribution in [3.63, 3.8) is 0 Å². The van der Waals surface area contributed by atoms with E-state index in [4.69, 9.17) is 9.47 Å². The number of carbonyl (C=O) groups is 1. The quantitative estimate of drug-likeness (QED) is 0.589. The number of aromatic nitrogens is 2. The summed E-state index contributed by atoms with van der Waals surface area (Å²) in [6, 6.07) is 11.8. The lowest BCUT2D eigenvalue weighted by molar-refractivity contribution is 0.0728. The SMILES string of the molecule is COc1ccc(OC)c(CN(C(=O)c2cnn(-c3ccc(F)cc3)c2C)C2CC2)c1. The smallest absolute Gasteiger partial charge is 0.257 e. The Morgan fingerprint density at radius 3 is 2.53 bits per heavy atom. The van der Waals surface area contributed by atoms with Crippen molar-refractivity contribution in [3.8, 4) is 17.2 Å². The van der Waals surface area contributed by atoms with Gasteiger partial charge < -0.3 is 14.4 Å². The standard InChI is InChI=1S/C23H24FN3O3/c1-15-21(13-25-27(15)19-6-4-17(24)5-7-19)23(28)26(18-8-9-18)14-16-12-20(29-2)10-11-22(16)30-3/h4-7,10-13,18H,8-9,14H2,1-3H3. The van der Waals surface area contributed by atoms with Gasteiger partial charge in [0.25, 0.3) is 5.91 Å². The Hall–Kier alpha value is -3.35. The van der Waals surface area contributed by atoms with Gasteiger partial charge in [0.2, 0.25) is 0 Å². The fourth-order valence-corrected chi connectivity index (χ4v) is 3.56. The zero-order valence-electron chi connectivity index (χ0n) is 17.3. The van der Waals surface area contributed by atoms with Crippen LogP contribution in [-0.4, -0.2) is 40.8 Å². The van der Waals surface area contributed by atoms with Crippen molar-refractivity contribution >= 4 is 5.91 Å². The molecule has 30 heavy (non-hydrogen) atoms. The number of hydrogen-bond acceptors (Lipinski definition) is 4. The Balaban J connectivity index is 1.63. The zero-order valence-corrected chi connectivity index (χ0v) is 17.3. The first-order valence-corrected chi connectivity index (χ1v) is 9.84. The Bertz CT molecular complexity index is 1060. The first-order chi connectivity index (χ1) is 14.5. The second-order valence-corrected chi connectivity index (χ2v) is 7.37. The fraction of sp³-hybridized carbons (Fsp3) is 0.304. The molecule has 2 aromatic carbocycles. The van der Waals surface area contributed by atoms with E-state index in [1.54, 1.807) is 37.2 Å². The van der Waals surface area contributed by atoms with Crippen molar-refractivity contribution in [2.45, 2.75) is 32.4 Å². The van der Waals surface area contributed by atoms with Crippen LogP contribution in [0, 0.1) is 12.7 Å². The topological polar surface area (TPSA) is 56.6 Å². The number of benzene rings is 2. The molecule has 0 radical (unpaired) electrons. The Morgan fingerprint density at radius 1 is 1.17 bits per heavy atom. The van der Waals surface area contributed by atoms with E-state index in [0.717, 1.165) is 24.1 Å². The van der Waals surface area contributed by atoms with Crippen LogP contribution in [0.3, 0.4) is 0 Å². The molecule has 0 spiro atoms. The molecule has 156 valence electrons. The molecule has 7 heteroatoms. The van der Waals surface area contributed by atoms with E-state index in [1.807, 2.05) is 30.0 Å². The molecule has 1 aliphatic rings. The van der Waals surface area contributed by atoms with Crippen LogP contribution >= 0.6 is 0 Å². The molecule has 6 nitrogen and oxygen atoms in total. The van der Waals surface area contributed by atoms with E-state index in [9.17, 15) is 9.18 Å². The van der Waals surface area contributed by atoms with Gasteiger partial charge in [-0.1, -0.05) is 0 Å². The summed E-state index contributed by atoms with van der Waals surface area (Å²) in [6.45, 7) is 2.27. The van der Waals surface area contributed by atoms with Crippen LogP contribution in [0.5, 0.6) is 11.5 Å². The predicted molar refractivity (Wildman–Crippen MR) is 111 cm³/mol. The molecule has 3 aromatic rings. The maximum absolute atomic E-state index is 13.4. The van der Waals surface area contributed by atoms with E-state index < -0.39 is 0 Å². The van der Waals surface area contributed by atoms with Crippen LogP contribution in [0.15, 0.2) is 48.7 Å². The second kappa shape index (κ2) is 8.18. The molecule has 0 atom stereocenters. The number of amides is 1. The normalized spacial score (nSPS) is 13.2. The van der Waals surface area contributed by atoms with E-state index in [-0.39, 0.29) is 17.8 Å². The van der Waals surface area contributed by atoms with Crippen molar-refractivity contribution in [3.05, 3.63) is 71.3 Å². The number of halogens is 1. The lowest BCUT2D eigenvalue weighted by Gasteiger charge is -2.24. The molecule has 1 heterocycles. The highest BCUT2D eigenvalue weighted by molar-refractivity contribution is 5.95. The molecule has 0 unspecified atom stereocenters. The van der Waals surface area contributed by atoms with Gasteiger partial charge in [-0.3, -0.25) is 4.79 Å². The van der Waals surface area contributed by atoms with Crippen LogP contribution in [0.2, 0.25) is 0 Å². The Labute approximate surface area is 174 Å². The molecule has 0 aliphatic heterocycles. The number of nitrogens with zero attached hydrogens (tertiary/aromatic N) is 3. The van der Waals surface area contributed by atoms with Crippen LogP contribution in [-0.2, 0) is 6.54 Å². The second-order valence-electron chi connectivity index (χ2n) is 7.37. The lowest BCUT2D eigenvalue weighted by atomic mass is 10.1. The molecule has 0 bridgehead atoms. The van der Waals surface area contributed by atoms with E-state index >= 15 is 0 Å². The van der Waals surface area contributed by atoms with Crippen molar-refractivity contribution in [2.75, 3.05) is 14.2 Å². The summed E-state index contributed by atoms with van der Waals surface area (Å²) in [6.07, 6.45) is 3.53. The fourth-order valence-electron chi connectivity index (χ4n) is 3.56. The molecular weight excluding hydrogens is 385 g/mol. The molecule has 4 rings (SSSR count). The summed E-state index contributed by atoms with van der Waals surface area (Å²) in [5.41, 5.74) is 2.85. The van der Waals surface area contributed by atoms with Gasteiger partial charge >= 0.3 is 0 Å². The number of hydrogen-bond donors (Lipinski definition) is 0. The number of methoxy groups -OCH3 is 2. The van der Waals surface area contributed by atoms with Crippen LogP contribution in [0.1, 0.15) is 34.5 Å². The highest BCUT2D eigenvalue weighted by Crippen LogP contribution is 2.33. The van der Waals surface area contributed by atoms with Gasteiger partial charge in [0.05, 0.1) is 43.9 Å². The molecule has 0 N–H and O–H groups in total. The third kappa shape index (κ3) is 3.87. The number of carbonyl (C=O) groups excluding carboxylic acids is 1. The minimum Gasteiger partial charge on any atom is -0.497 e. The van der Waals surface area contributed by atoms with Gasteiger partial charge in [-0.2, -0.15) is 5.10 Å². The average Bonchev–Trinajstić information content (AvgIpc) is 3.53. The van der Waals surface area contributed by atoms with E-state index in [1.165, 1.54) is 12.1 Å². The summed E-state index contributed by atoms with van der Waals surface area (Å²) in [4.78, 5) is 15.3. The highest BCUT2D eigenvalue weighted by atomic mass is 19.1. The molecule has 1 amide bonds. The molecule has 1 fully saturated rings. The number of ether oxygens (including phenoxy) is 2. The summed E-state index contributed by atoms with van der Waals surface area (Å²) in [5.74, 6) is 1.04. The lowest BCUT2D eigenvalue weighted by Crippen LogP contribution is -2.33. The van der Waals surface area contributed by atoms with Crippen molar-refractivity contribution in [1.82, 2.24) is 14.7 Å². The van der Waals surface area contributed by atoms with Crippen LogP contribution in [0.4, 0.5) is 4.39 Å². The summed E-state index contributed by atoms with van der Waals surface area (Å²) < 4.78 is 25.7. The summed E-state index contributed by atoms with van der Waals surface area (Å²) >= 11 is 0. The maximum Gasteiger partial charge on any atom is 0.257 e. The predicted octanol–water partition coefficient (Wildman–Crippen LogP) is 4.14. The van der Waals surface area contributed by atoms with Crippen molar-refractivity contribution in [1.29, 1.82) is 0 Å². The van der Waals surface area contributed by atoms with Gasteiger partial charge in [-0.05, 0) is 62.2 Å². The number of rotatable bonds is 7. The van der Waals surface area contributed by atoms with Crippen LogP contribution < -0.4 is 9.47 Å². The largest absolute Gasteiger partial charge is 0.497 e. The van der Waals surface area contributed by atoms with Crippen LogP contribution in [0.25, 0.3) is 5.69 Å². The average molecular weight is 409 g/mol. The molecular formula is C23H24FN3O3.